The monoisotopic (exact) mass is 553 g/mol. The minimum Gasteiger partial charge on any atom is -0.382 e. The number of fused-ring (bicyclic) bond motifs is 1. The van der Waals surface area contributed by atoms with E-state index >= 15 is 0 Å². The third-order valence-electron chi connectivity index (χ3n) is 6.24. The molecule has 200 valence electrons. The number of nitrogens with zero attached hydrogens (tertiary/aromatic N) is 5. The van der Waals surface area contributed by atoms with E-state index in [4.69, 9.17) is 22.3 Å². The molecule has 0 radical (unpaired) electrons. The molecule has 3 aromatic heterocycles. The van der Waals surface area contributed by atoms with Gasteiger partial charge in [0.1, 0.15) is 40.9 Å². The molecule has 5 rings (SSSR count). The molecule has 8 nitrogen and oxygen atoms in total. The zero-order chi connectivity index (χ0) is 28.2. The lowest BCUT2D eigenvalue weighted by Gasteiger charge is -2.21. The molecule has 1 unspecified atom stereocenters. The van der Waals surface area contributed by atoms with Crippen LogP contribution < -0.4 is 16.6 Å². The van der Waals surface area contributed by atoms with Crippen LogP contribution in [0.15, 0.2) is 71.9 Å². The van der Waals surface area contributed by atoms with Gasteiger partial charge in [0.15, 0.2) is 0 Å². The summed E-state index contributed by atoms with van der Waals surface area (Å²) in [4.78, 5) is 31.1. The number of hydrogen-bond donors (Lipinski definition) is 2. The first-order chi connectivity index (χ1) is 19.4. The molecule has 1 atom stereocenters. The summed E-state index contributed by atoms with van der Waals surface area (Å²) in [6.45, 7) is 3.97. The van der Waals surface area contributed by atoms with E-state index in [1.165, 1.54) is 18.5 Å². The fraction of sp³-hybridized carbons (Fsp3) is 0.167. The Hall–Kier alpha value is -4.81. The zero-order valence-electron chi connectivity index (χ0n) is 21.8. The van der Waals surface area contributed by atoms with E-state index in [9.17, 15) is 9.18 Å². The first-order valence-electron chi connectivity index (χ1n) is 12.7. The van der Waals surface area contributed by atoms with E-state index in [1.807, 2.05) is 31.2 Å². The summed E-state index contributed by atoms with van der Waals surface area (Å²) >= 11 is 6.46. The maximum absolute atomic E-state index is 13.9. The van der Waals surface area contributed by atoms with Gasteiger partial charge in [0.05, 0.1) is 33.9 Å². The molecule has 0 spiro atoms. The van der Waals surface area contributed by atoms with E-state index < -0.39 is 11.9 Å². The second-order valence-electron chi connectivity index (χ2n) is 9.12. The summed E-state index contributed by atoms with van der Waals surface area (Å²) in [5.74, 6) is 6.29. The van der Waals surface area contributed by atoms with Crippen LogP contribution in [-0.4, -0.2) is 24.5 Å². The van der Waals surface area contributed by atoms with Crippen molar-refractivity contribution in [2.24, 2.45) is 0 Å². The van der Waals surface area contributed by atoms with Gasteiger partial charge in [-0.3, -0.25) is 9.36 Å². The van der Waals surface area contributed by atoms with Crippen molar-refractivity contribution in [2.45, 2.75) is 32.7 Å². The largest absolute Gasteiger partial charge is 0.382 e. The van der Waals surface area contributed by atoms with E-state index in [1.54, 1.807) is 22.8 Å². The van der Waals surface area contributed by atoms with Gasteiger partial charge in [0, 0.05) is 0 Å². The topological polar surface area (TPSA) is 112 Å². The minimum absolute atomic E-state index is 0.155. The van der Waals surface area contributed by atoms with Crippen LogP contribution in [0, 0.1) is 17.7 Å². The molecule has 3 N–H and O–H groups in total. The van der Waals surface area contributed by atoms with Crippen molar-refractivity contribution in [3.63, 3.8) is 0 Å². The quantitative estimate of drug-likeness (QED) is 0.268. The lowest BCUT2D eigenvalue weighted by atomic mass is 10.1. The first-order valence-corrected chi connectivity index (χ1v) is 13.0. The minimum atomic E-state index is -0.523. The molecule has 0 aliphatic carbocycles. The Morgan fingerprint density at radius 3 is 2.70 bits per heavy atom. The Morgan fingerprint density at radius 2 is 1.93 bits per heavy atom. The fourth-order valence-corrected chi connectivity index (χ4v) is 4.61. The van der Waals surface area contributed by atoms with Crippen molar-refractivity contribution >= 4 is 34.1 Å². The van der Waals surface area contributed by atoms with Crippen LogP contribution in [0.4, 0.5) is 16.0 Å². The molecule has 0 fully saturated rings. The Morgan fingerprint density at radius 1 is 1.10 bits per heavy atom. The van der Waals surface area contributed by atoms with Crippen LogP contribution in [0.1, 0.15) is 49.0 Å². The van der Waals surface area contributed by atoms with Gasteiger partial charge in [0.2, 0.25) is 0 Å². The number of halogens is 2. The van der Waals surface area contributed by atoms with Crippen molar-refractivity contribution < 1.29 is 4.39 Å². The number of nitrogens with two attached hydrogens (primary N) is 1. The standard InChI is InChI=1S/C30H25ClFN7O/c1-3-6-19-7-4-8-22(15-19)39-29(38-25-10-5-9-24(31)26(25)30(39)40)18(2)37-28-23(27(33)35-17-36-28)14-13-21-12-11-20(32)16-34-21/h4-5,7-12,15-18H,3,6H2,1-2H3,(H3,33,35,36,37). The van der Waals surface area contributed by atoms with E-state index in [0.717, 1.165) is 24.6 Å². The highest BCUT2D eigenvalue weighted by Gasteiger charge is 2.21. The molecule has 0 aliphatic heterocycles. The third kappa shape index (κ3) is 5.48. The van der Waals surface area contributed by atoms with Crippen molar-refractivity contribution in [1.29, 1.82) is 0 Å². The maximum atomic E-state index is 13.9. The Labute approximate surface area is 235 Å². The van der Waals surface area contributed by atoms with E-state index in [2.05, 4.69) is 39.0 Å². The smallest absolute Gasteiger partial charge is 0.267 e. The highest BCUT2D eigenvalue weighted by atomic mass is 35.5. The van der Waals surface area contributed by atoms with Crippen LogP contribution in [0.25, 0.3) is 16.6 Å². The van der Waals surface area contributed by atoms with Crippen molar-refractivity contribution in [3.8, 4) is 17.5 Å². The molecule has 0 amide bonds. The molecule has 2 aromatic carbocycles. The number of nitrogen functional groups attached to an aromatic ring is 1. The summed E-state index contributed by atoms with van der Waals surface area (Å²) in [7, 11) is 0. The number of rotatable bonds is 6. The molecule has 10 heteroatoms. The Balaban J connectivity index is 1.62. The van der Waals surface area contributed by atoms with Gasteiger partial charge in [-0.2, -0.15) is 0 Å². The molecule has 0 aliphatic rings. The Kier molecular flexibility index (Phi) is 7.71. The van der Waals surface area contributed by atoms with Gasteiger partial charge in [-0.05, 0) is 61.2 Å². The molecular formula is C30H25ClFN7O. The zero-order valence-corrected chi connectivity index (χ0v) is 22.6. The summed E-state index contributed by atoms with van der Waals surface area (Å²) in [5, 5.41) is 3.97. The van der Waals surface area contributed by atoms with Gasteiger partial charge in [0.25, 0.3) is 5.56 Å². The number of hydrogen-bond acceptors (Lipinski definition) is 7. The molecule has 0 saturated heterocycles. The predicted molar refractivity (Wildman–Crippen MR) is 155 cm³/mol. The number of pyridine rings is 1. The molecular weight excluding hydrogens is 529 g/mol. The van der Waals surface area contributed by atoms with Crippen molar-refractivity contribution in [2.75, 3.05) is 11.1 Å². The lowest BCUT2D eigenvalue weighted by Crippen LogP contribution is -2.28. The average Bonchev–Trinajstić information content (AvgIpc) is 2.94. The molecule has 0 saturated carbocycles. The van der Waals surface area contributed by atoms with E-state index in [-0.39, 0.29) is 11.4 Å². The first kappa shape index (κ1) is 26.8. The second-order valence-corrected chi connectivity index (χ2v) is 9.53. The van der Waals surface area contributed by atoms with Gasteiger partial charge in [-0.15, -0.1) is 0 Å². The van der Waals surface area contributed by atoms with Crippen LogP contribution in [0.2, 0.25) is 5.02 Å². The van der Waals surface area contributed by atoms with Crippen molar-refractivity contribution in [3.05, 3.63) is 111 Å². The summed E-state index contributed by atoms with van der Waals surface area (Å²) in [6, 6.07) is 15.2. The number of anilines is 2. The Bertz CT molecular complexity index is 1830. The summed E-state index contributed by atoms with van der Waals surface area (Å²) in [5.41, 5.74) is 8.82. The molecule has 0 bridgehead atoms. The highest BCUT2D eigenvalue weighted by molar-refractivity contribution is 6.35. The number of aromatic nitrogens is 5. The highest BCUT2D eigenvalue weighted by Crippen LogP contribution is 2.26. The van der Waals surface area contributed by atoms with Gasteiger partial charge in [-0.1, -0.05) is 49.1 Å². The summed E-state index contributed by atoms with van der Waals surface area (Å²) in [6.07, 6.45) is 4.25. The molecule has 5 aromatic rings. The van der Waals surface area contributed by atoms with Crippen LogP contribution >= 0.6 is 11.6 Å². The molecule has 3 heterocycles. The van der Waals surface area contributed by atoms with Crippen LogP contribution in [0.3, 0.4) is 0 Å². The number of benzene rings is 2. The average molecular weight is 554 g/mol. The molecule has 40 heavy (non-hydrogen) atoms. The van der Waals surface area contributed by atoms with Gasteiger partial charge >= 0.3 is 0 Å². The lowest BCUT2D eigenvalue weighted by molar-refractivity contribution is 0.621. The number of nitrogens with one attached hydrogen (secondary N) is 1. The van der Waals surface area contributed by atoms with Crippen LogP contribution in [-0.2, 0) is 6.42 Å². The maximum Gasteiger partial charge on any atom is 0.267 e. The SMILES string of the molecule is CCCc1cccc(-n2c(C(C)Nc3ncnc(N)c3C#Cc3ccc(F)cn3)nc3cccc(Cl)c3c2=O)c1. The predicted octanol–water partition coefficient (Wildman–Crippen LogP) is 5.47. The van der Waals surface area contributed by atoms with E-state index in [0.29, 0.717) is 44.5 Å². The number of aryl methyl sites for hydroxylation is 1. The second kappa shape index (κ2) is 11.5. The fourth-order valence-electron chi connectivity index (χ4n) is 4.36. The van der Waals surface area contributed by atoms with Crippen molar-refractivity contribution in [1.82, 2.24) is 24.5 Å². The summed E-state index contributed by atoms with van der Waals surface area (Å²) < 4.78 is 14.8. The normalized spacial score (nSPS) is 11.6. The van der Waals surface area contributed by atoms with Gasteiger partial charge < -0.3 is 11.1 Å². The third-order valence-corrected chi connectivity index (χ3v) is 6.56. The van der Waals surface area contributed by atoms with Gasteiger partial charge in [-0.25, -0.2) is 24.3 Å². The van der Waals surface area contributed by atoms with Crippen LogP contribution in [0.5, 0.6) is 0 Å².